The van der Waals surface area contributed by atoms with Crippen molar-refractivity contribution >= 4 is 61.8 Å². The molecule has 6 aliphatic rings. The first-order chi connectivity index (χ1) is 45.5. The van der Waals surface area contributed by atoms with Crippen molar-refractivity contribution in [2.24, 2.45) is 14.1 Å². The molecule has 93 heavy (non-hydrogen) atoms. The highest BCUT2D eigenvalue weighted by atomic mass is 16.5. The molecule has 0 bridgehead atoms. The van der Waals surface area contributed by atoms with Crippen molar-refractivity contribution in [3.63, 3.8) is 0 Å². The number of piperazine rings is 2. The van der Waals surface area contributed by atoms with Crippen LogP contribution in [-0.4, -0.2) is 233 Å². The van der Waals surface area contributed by atoms with Crippen LogP contribution >= 0.6 is 0 Å². The van der Waals surface area contributed by atoms with Gasteiger partial charge in [0.1, 0.15) is 12.2 Å². The van der Waals surface area contributed by atoms with E-state index in [1.807, 2.05) is 56.2 Å². The second-order valence-electron chi connectivity index (χ2n) is 25.5. The van der Waals surface area contributed by atoms with Gasteiger partial charge in [0.05, 0.1) is 55.2 Å². The minimum atomic E-state index is -0.803. The van der Waals surface area contributed by atoms with Gasteiger partial charge in [-0.25, -0.2) is 14.8 Å². The van der Waals surface area contributed by atoms with E-state index in [4.69, 9.17) is 23.7 Å². The predicted molar refractivity (Wildman–Crippen MR) is 360 cm³/mol. The highest BCUT2D eigenvalue weighted by Crippen LogP contribution is 2.36. The van der Waals surface area contributed by atoms with Gasteiger partial charge in [0, 0.05) is 238 Å². The maximum Gasteiger partial charge on any atom is 0.371 e. The van der Waals surface area contributed by atoms with Crippen LogP contribution in [0.25, 0.3) is 65.9 Å². The molecule has 2 aromatic carbocycles. The van der Waals surface area contributed by atoms with Crippen LogP contribution in [0, 0.1) is 0 Å². The number of piperidine rings is 2. The second-order valence-corrected chi connectivity index (χ2v) is 25.5. The summed E-state index contributed by atoms with van der Waals surface area (Å²) in [6.45, 7) is 22.2. The van der Waals surface area contributed by atoms with E-state index in [9.17, 15) is 14.4 Å². The van der Waals surface area contributed by atoms with E-state index in [0.717, 1.165) is 152 Å². The van der Waals surface area contributed by atoms with Crippen LogP contribution in [0.15, 0.2) is 110 Å². The van der Waals surface area contributed by atoms with Gasteiger partial charge in [0.15, 0.2) is 0 Å². The number of benzene rings is 2. The first-order valence-corrected chi connectivity index (χ1v) is 33.8. The van der Waals surface area contributed by atoms with Gasteiger partial charge in [-0.3, -0.25) is 34.3 Å². The van der Waals surface area contributed by atoms with Crippen LogP contribution in [0.4, 0.5) is 0 Å². The molecule has 4 aliphatic heterocycles. The molecule has 21 nitrogen and oxygen atoms in total. The first-order valence-electron chi connectivity index (χ1n) is 33.8. The SMILES string of the molecule is CCOC(=O)C=O.CCOC(=O)CN1CCN(CCN2CCC(OC3CC(Oc4ccc(-c5ccc6c7cnccc7n(C)c6c5)cn4)C3)CC2)CC1.Cn1c2ccncc2c2ccc(-c3ccc(OC4CC(OC5CCN(CCN6CCNCC6)CC5)C4)nc3)cc21. The average Bonchev–Trinajstić information content (AvgIpc) is 1.64. The van der Waals surface area contributed by atoms with E-state index in [2.05, 4.69) is 138 Å². The van der Waals surface area contributed by atoms with E-state index in [1.54, 1.807) is 6.92 Å². The fourth-order valence-corrected chi connectivity index (χ4v) is 13.8. The smallest absolute Gasteiger partial charge is 0.371 e. The Kier molecular flexibility index (Phi) is 22.3. The number of pyridine rings is 4. The van der Waals surface area contributed by atoms with Gasteiger partial charge in [-0.15, -0.1) is 0 Å². The topological polar surface area (TPSA) is 196 Å². The molecule has 0 atom stereocenters. The number of nitrogens with zero attached hydrogens (tertiary/aromatic N) is 11. The standard InChI is InChI=1S/C36H46N6O4.C32H40N6O2.C4H6O3/c1-3-44-36(43)25-42-18-16-41(17-19-42)15-14-40-12-9-28(10-13-40)45-29-21-30(22-29)46-35-7-5-27(23-38-35)26-4-6-31-32-24-37-11-8-33(32)39(2)34(31)20-26;1-36-30-6-9-34-22-29(30)28-4-2-23(18-31(28)36)24-3-5-32(35-21-24)40-27-19-26(20-27)39-25-7-12-37(13-8-25)16-17-38-14-10-33-11-15-38;1-2-7-4(6)3-5/h4-8,11,20,23-24,28-30H,3,9-10,12-19,21-22,25H2,1-2H3;2-6,9,18,21-22,25-27,33H,7-8,10-17,19-20H2,1H3;3H,2H2,1H3. The maximum atomic E-state index is 11.7. The van der Waals surface area contributed by atoms with Gasteiger partial charge in [-0.2, -0.15) is 0 Å². The Hall–Kier alpha value is -7.47. The van der Waals surface area contributed by atoms with Crippen LogP contribution in [0.1, 0.15) is 65.2 Å². The molecule has 494 valence electrons. The highest BCUT2D eigenvalue weighted by Gasteiger charge is 2.36. The number of hydrogen-bond acceptors (Lipinski definition) is 19. The molecule has 8 aromatic rings. The molecule has 0 amide bonds. The Labute approximate surface area is 545 Å². The molecule has 21 heteroatoms. The van der Waals surface area contributed by atoms with Gasteiger partial charge < -0.3 is 52.7 Å². The summed E-state index contributed by atoms with van der Waals surface area (Å²) in [4.78, 5) is 61.3. The zero-order valence-electron chi connectivity index (χ0n) is 54.6. The third-order valence-electron chi connectivity index (χ3n) is 19.5. The van der Waals surface area contributed by atoms with E-state index in [0.29, 0.717) is 43.2 Å². The van der Waals surface area contributed by atoms with Crippen molar-refractivity contribution in [1.29, 1.82) is 0 Å². The van der Waals surface area contributed by atoms with E-state index in [-0.39, 0.29) is 37.2 Å². The summed E-state index contributed by atoms with van der Waals surface area (Å²) in [6, 6.07) is 25.5. The zero-order valence-corrected chi connectivity index (χ0v) is 54.6. The summed E-state index contributed by atoms with van der Waals surface area (Å²) < 4.78 is 39.0. The number of carbonyl (C=O) groups excluding carboxylic acids is 3. The van der Waals surface area contributed by atoms with Gasteiger partial charge in [-0.05, 0) is 87.1 Å². The zero-order chi connectivity index (χ0) is 64.0. The third kappa shape index (κ3) is 16.9. The van der Waals surface area contributed by atoms with Gasteiger partial charge in [-0.1, -0.05) is 24.3 Å². The number of fused-ring (bicyclic) bond motifs is 6. The minimum absolute atomic E-state index is 0.112. The predicted octanol–water partition coefficient (Wildman–Crippen LogP) is 8.19. The number of esters is 2. The molecule has 0 radical (unpaired) electrons. The van der Waals surface area contributed by atoms with Crippen molar-refractivity contribution in [3.8, 4) is 34.0 Å². The van der Waals surface area contributed by atoms with Crippen LogP contribution in [0.3, 0.4) is 0 Å². The summed E-state index contributed by atoms with van der Waals surface area (Å²) in [5, 5.41) is 8.23. The Morgan fingerprint density at radius 1 is 0.473 bits per heavy atom. The summed E-state index contributed by atoms with van der Waals surface area (Å²) in [6.07, 6.45) is 21.5. The summed E-state index contributed by atoms with van der Waals surface area (Å²) in [5.74, 6) is 0.459. The number of carbonyl (C=O) groups is 3. The Morgan fingerprint density at radius 3 is 1.32 bits per heavy atom. The lowest BCUT2D eigenvalue weighted by Crippen LogP contribution is -2.50. The molecule has 2 saturated carbocycles. The molecule has 2 aliphatic carbocycles. The Morgan fingerprint density at radius 2 is 0.903 bits per heavy atom. The largest absolute Gasteiger partial charge is 0.474 e. The number of nitrogens with one attached hydrogen (secondary N) is 1. The highest BCUT2D eigenvalue weighted by molar-refractivity contribution is 6.20. The van der Waals surface area contributed by atoms with Gasteiger partial charge in [0.25, 0.3) is 0 Å². The maximum absolute atomic E-state index is 11.7. The number of ether oxygens (including phenoxy) is 6. The number of rotatable bonds is 21. The summed E-state index contributed by atoms with van der Waals surface area (Å²) in [5.41, 5.74) is 9.21. The molecular weight excluding hydrogens is 1180 g/mol. The van der Waals surface area contributed by atoms with Crippen molar-refractivity contribution in [2.45, 2.75) is 102 Å². The van der Waals surface area contributed by atoms with E-state index < -0.39 is 5.97 Å². The number of hydrogen-bond donors (Lipinski definition) is 1. The Balaban J connectivity index is 0.000000164. The normalized spacial score (nSPS) is 21.3. The summed E-state index contributed by atoms with van der Waals surface area (Å²) in [7, 11) is 4.21. The fourth-order valence-electron chi connectivity index (χ4n) is 13.8. The number of aromatic nitrogens is 6. The lowest BCUT2D eigenvalue weighted by molar-refractivity contribution is -0.148. The molecule has 0 spiro atoms. The molecule has 10 heterocycles. The van der Waals surface area contributed by atoms with Gasteiger partial charge >= 0.3 is 11.9 Å². The lowest BCUT2D eigenvalue weighted by atomic mass is 9.91. The number of aldehydes is 1. The molecule has 1 N–H and O–H groups in total. The molecule has 6 fully saturated rings. The van der Waals surface area contributed by atoms with Crippen LogP contribution in [0.5, 0.6) is 11.8 Å². The minimum Gasteiger partial charge on any atom is -0.474 e. The molecule has 4 saturated heterocycles. The monoisotopic (exact) mass is 1270 g/mol. The second kappa shape index (κ2) is 31.6. The molecule has 6 aromatic heterocycles. The van der Waals surface area contributed by atoms with Crippen LogP contribution in [-0.2, 0) is 47.4 Å². The number of aryl methyl sites for hydroxylation is 2. The Bertz CT molecular complexity index is 3730. The fraction of sp³-hybridized carbons (Fsp3) is 0.514. The van der Waals surface area contributed by atoms with E-state index in [1.165, 1.54) is 69.8 Å². The average molecular weight is 1270 g/mol. The van der Waals surface area contributed by atoms with Crippen molar-refractivity contribution < 1.29 is 42.8 Å². The number of likely N-dealkylation sites (tertiary alicyclic amines) is 2. The first kappa shape index (κ1) is 65.6. The molecular formula is C72H92N12O9. The quantitative estimate of drug-likeness (QED) is 0.0410. The van der Waals surface area contributed by atoms with Crippen molar-refractivity contribution in [3.05, 3.63) is 110 Å². The van der Waals surface area contributed by atoms with Crippen molar-refractivity contribution in [2.75, 3.05) is 124 Å². The van der Waals surface area contributed by atoms with Crippen LogP contribution in [0.2, 0.25) is 0 Å². The van der Waals surface area contributed by atoms with Crippen molar-refractivity contribution in [1.82, 2.24) is 58.9 Å². The third-order valence-corrected chi connectivity index (χ3v) is 19.5. The van der Waals surface area contributed by atoms with Gasteiger partial charge in [0.2, 0.25) is 18.0 Å². The van der Waals surface area contributed by atoms with E-state index >= 15 is 0 Å². The summed E-state index contributed by atoms with van der Waals surface area (Å²) >= 11 is 0. The molecule has 14 rings (SSSR count). The lowest BCUT2D eigenvalue weighted by Gasteiger charge is -2.40. The molecule has 0 unspecified atom stereocenters. The van der Waals surface area contributed by atoms with Crippen LogP contribution < -0.4 is 14.8 Å².